The van der Waals surface area contributed by atoms with Crippen molar-refractivity contribution < 1.29 is 13.0 Å². The van der Waals surface area contributed by atoms with Gasteiger partial charge in [0.15, 0.2) is 14.7 Å². The van der Waals surface area contributed by atoms with Gasteiger partial charge in [0, 0.05) is 0 Å². The maximum atomic E-state index is 11.1. The molecule has 0 aromatic heterocycles. The van der Waals surface area contributed by atoms with Crippen molar-refractivity contribution in [3.05, 3.63) is 91.0 Å². The zero-order valence-corrected chi connectivity index (χ0v) is 28.0. The van der Waals surface area contributed by atoms with Gasteiger partial charge in [-0.05, 0) is 62.1 Å². The van der Waals surface area contributed by atoms with Crippen LogP contribution >= 0.6 is 0 Å². The summed E-state index contributed by atoms with van der Waals surface area (Å²) < 4.78 is 32.1. The third-order valence-corrected chi connectivity index (χ3v) is 10.4. The molecule has 0 saturated heterocycles. The van der Waals surface area contributed by atoms with Gasteiger partial charge in [-0.15, -0.1) is 0 Å². The zero-order chi connectivity index (χ0) is 30.5. The second kappa shape index (κ2) is 20.8. The minimum absolute atomic E-state index is 0.0146. The van der Waals surface area contributed by atoms with Gasteiger partial charge >= 0.3 is 0 Å². The number of unbranched alkanes of at least 4 members (excludes halogenated alkanes) is 1. The minimum atomic E-state index is -4.24. The van der Waals surface area contributed by atoms with Gasteiger partial charge < -0.3 is 4.55 Å². The van der Waals surface area contributed by atoms with Crippen LogP contribution in [0.15, 0.2) is 106 Å². The van der Waals surface area contributed by atoms with E-state index >= 15 is 0 Å². The quantitative estimate of drug-likeness (QED) is 0.199. The molecule has 5 heteroatoms. The van der Waals surface area contributed by atoms with E-state index in [-0.39, 0.29) is 10.9 Å². The van der Waals surface area contributed by atoms with Crippen LogP contribution in [0.5, 0.6) is 0 Å². The number of hydrogen-bond donors (Lipinski definition) is 0. The summed E-state index contributed by atoms with van der Waals surface area (Å²) in [4.78, 5) is 4.08. The Morgan fingerprint density at radius 3 is 1.13 bits per heavy atom. The Morgan fingerprint density at radius 1 is 0.615 bits per heavy atom. The van der Waals surface area contributed by atoms with E-state index in [2.05, 4.69) is 97.9 Å². The monoisotopic (exact) mass is 574 g/mol. The molecule has 0 spiro atoms. The predicted octanol–water partition coefficient (Wildman–Crippen LogP) is 10.4. The molecule has 0 aliphatic heterocycles. The molecule has 0 bridgehead atoms. The van der Waals surface area contributed by atoms with Crippen molar-refractivity contribution in [3.63, 3.8) is 0 Å². The minimum Gasteiger partial charge on any atom is -0.748 e. The van der Waals surface area contributed by atoms with E-state index in [0.717, 1.165) is 19.3 Å². The molecule has 0 amide bonds. The first kappa shape index (κ1) is 39.1. The van der Waals surface area contributed by atoms with E-state index in [1.807, 2.05) is 55.4 Å². The second-order valence-corrected chi connectivity index (χ2v) is 13.2. The number of benzene rings is 3. The maximum Gasteiger partial charge on any atom is 0.166 e. The van der Waals surface area contributed by atoms with Gasteiger partial charge in [0.05, 0.1) is 15.6 Å². The molecule has 0 atom stereocenters. The van der Waals surface area contributed by atoms with E-state index < -0.39 is 20.3 Å². The highest BCUT2D eigenvalue weighted by molar-refractivity contribution is 7.97. The largest absolute Gasteiger partial charge is 0.748 e. The molecule has 3 rings (SSSR count). The van der Waals surface area contributed by atoms with Gasteiger partial charge in [-0.2, -0.15) is 0 Å². The van der Waals surface area contributed by atoms with Crippen LogP contribution in [0.25, 0.3) is 0 Å². The van der Waals surface area contributed by atoms with Gasteiger partial charge in [-0.1, -0.05) is 130 Å². The number of rotatable bonds is 8. The summed E-state index contributed by atoms with van der Waals surface area (Å²) in [6.45, 7) is 20.8. The molecule has 0 unspecified atom stereocenters. The Labute approximate surface area is 244 Å². The summed E-state index contributed by atoms with van der Waals surface area (Å²) in [5.74, 6) is 0. The fourth-order valence-corrected chi connectivity index (χ4v) is 6.22. The second-order valence-electron chi connectivity index (χ2n) is 9.20. The highest BCUT2D eigenvalue weighted by Gasteiger charge is 2.41. The van der Waals surface area contributed by atoms with Gasteiger partial charge in [-0.25, -0.2) is 8.42 Å². The lowest BCUT2D eigenvalue weighted by atomic mass is 9.76. The van der Waals surface area contributed by atoms with Crippen LogP contribution in [-0.2, 0) is 21.0 Å². The topological polar surface area (TPSA) is 57.2 Å². The Kier molecular flexibility index (Phi) is 20.8. The van der Waals surface area contributed by atoms with Crippen LogP contribution in [0.1, 0.15) is 95.4 Å². The molecule has 0 radical (unpaired) electrons. The fraction of sp³-hybridized carbons (Fsp3) is 0.471. The average Bonchev–Trinajstić information content (AvgIpc) is 2.97. The summed E-state index contributed by atoms with van der Waals surface area (Å²) in [5.41, 5.74) is -0.469. The molecule has 3 aromatic carbocycles. The molecular weight excluding hydrogens is 521 g/mol. The Morgan fingerprint density at radius 2 is 0.897 bits per heavy atom. The zero-order valence-electron chi connectivity index (χ0n) is 26.3. The van der Waals surface area contributed by atoms with Crippen LogP contribution in [0, 0.1) is 5.41 Å². The highest BCUT2D eigenvalue weighted by atomic mass is 32.2. The first-order chi connectivity index (χ1) is 18.5. The Hall–Kier alpha value is -2.08. The Bertz CT molecular complexity index is 969. The van der Waals surface area contributed by atoms with Gasteiger partial charge in [0.25, 0.3) is 0 Å². The van der Waals surface area contributed by atoms with Crippen LogP contribution < -0.4 is 0 Å². The smallest absolute Gasteiger partial charge is 0.166 e. The molecule has 3 nitrogen and oxygen atoms in total. The lowest BCUT2D eigenvalue weighted by molar-refractivity contribution is 0.226. The van der Waals surface area contributed by atoms with Gasteiger partial charge in [-0.3, -0.25) is 0 Å². The molecular formula is C34H54O3S2. The molecule has 0 N–H and O–H groups in total. The molecule has 0 saturated carbocycles. The normalized spacial score (nSPS) is 10.8. The molecule has 39 heavy (non-hydrogen) atoms. The van der Waals surface area contributed by atoms with E-state index in [1.165, 1.54) is 28.5 Å². The third-order valence-electron chi connectivity index (χ3n) is 6.35. The van der Waals surface area contributed by atoms with Crippen molar-refractivity contribution in [3.8, 4) is 0 Å². The van der Waals surface area contributed by atoms with Crippen molar-refractivity contribution in [2.45, 2.75) is 115 Å². The van der Waals surface area contributed by atoms with Crippen LogP contribution in [0.4, 0.5) is 0 Å². The lowest BCUT2D eigenvalue weighted by Crippen LogP contribution is -2.45. The SMILES string of the molecule is CC.CC.CC.CCCCC(C)(C)C(C)(C)S(=O)(=O)[O-].c1ccc([S+](c2ccccc2)c2ccccc2)cc1. The molecule has 3 aromatic rings. The maximum absolute atomic E-state index is 11.1. The van der Waals surface area contributed by atoms with Gasteiger partial charge in [0.2, 0.25) is 0 Å². The van der Waals surface area contributed by atoms with E-state index in [0.29, 0.717) is 0 Å². The van der Waals surface area contributed by atoms with E-state index in [1.54, 1.807) is 0 Å². The van der Waals surface area contributed by atoms with Crippen LogP contribution in [-0.4, -0.2) is 17.7 Å². The lowest BCUT2D eigenvalue weighted by Gasteiger charge is -2.43. The summed E-state index contributed by atoms with van der Waals surface area (Å²) in [5, 5.41) is 0. The van der Waals surface area contributed by atoms with Crippen molar-refractivity contribution >= 4 is 21.0 Å². The van der Waals surface area contributed by atoms with Crippen LogP contribution in [0.3, 0.4) is 0 Å². The highest BCUT2D eigenvalue weighted by Crippen LogP contribution is 2.40. The van der Waals surface area contributed by atoms with Crippen molar-refractivity contribution in [2.75, 3.05) is 0 Å². The molecule has 0 aliphatic rings. The summed E-state index contributed by atoms with van der Waals surface area (Å²) in [6, 6.07) is 32.2. The summed E-state index contributed by atoms with van der Waals surface area (Å²) in [6.07, 6.45) is 2.72. The molecule has 0 aliphatic carbocycles. The standard InChI is InChI=1S/C18H15S.C10H22O3S.3C2H6/c1-4-10-16(11-5-1)19(17-12-6-2-7-13-17)18-14-8-3-9-15-18;1-6-7-8-9(2,3)10(4,5)14(11,12)13;3*1-2/h1-15H;6-8H2,1-5H3,(H,11,12,13);3*1-2H3/q+1;;;;/p-1. The Balaban J connectivity index is 0. The van der Waals surface area contributed by atoms with Crippen molar-refractivity contribution in [2.24, 2.45) is 5.41 Å². The molecule has 220 valence electrons. The average molecular weight is 575 g/mol. The fourth-order valence-electron chi connectivity index (χ4n) is 3.34. The van der Waals surface area contributed by atoms with Crippen molar-refractivity contribution in [1.82, 2.24) is 0 Å². The molecule has 0 heterocycles. The first-order valence-electron chi connectivity index (χ1n) is 14.4. The predicted molar refractivity (Wildman–Crippen MR) is 173 cm³/mol. The third kappa shape index (κ3) is 12.8. The first-order valence-corrected chi connectivity index (χ1v) is 17.0. The van der Waals surface area contributed by atoms with E-state index in [4.69, 9.17) is 0 Å². The summed E-state index contributed by atoms with van der Waals surface area (Å²) in [7, 11) is -4.26. The van der Waals surface area contributed by atoms with Crippen molar-refractivity contribution in [1.29, 1.82) is 0 Å². The number of hydrogen-bond acceptors (Lipinski definition) is 3. The summed E-state index contributed by atoms with van der Waals surface area (Å²) >= 11 is 0. The molecule has 0 fully saturated rings. The van der Waals surface area contributed by atoms with Gasteiger partial charge in [0.1, 0.15) is 10.1 Å². The van der Waals surface area contributed by atoms with E-state index in [9.17, 15) is 13.0 Å². The van der Waals surface area contributed by atoms with Crippen LogP contribution in [0.2, 0.25) is 0 Å².